The Hall–Kier alpha value is -4.31. The van der Waals surface area contributed by atoms with Gasteiger partial charge in [-0.05, 0) is 60.9 Å². The molecule has 1 N–H and O–H groups in total. The third-order valence-corrected chi connectivity index (χ3v) is 9.05. The summed E-state index contributed by atoms with van der Waals surface area (Å²) in [7, 11) is 0. The summed E-state index contributed by atoms with van der Waals surface area (Å²) in [6, 6.07) is 17.6. The van der Waals surface area contributed by atoms with Crippen LogP contribution in [-0.2, 0) is 21.5 Å². The van der Waals surface area contributed by atoms with Crippen LogP contribution in [-0.4, -0.2) is 45.7 Å². The maximum Gasteiger partial charge on any atom is 0.240 e. The van der Waals surface area contributed by atoms with Crippen LogP contribution >= 0.6 is 11.8 Å². The van der Waals surface area contributed by atoms with Crippen LogP contribution in [0.25, 0.3) is 5.69 Å². The van der Waals surface area contributed by atoms with E-state index in [2.05, 4.69) is 51.0 Å². The van der Waals surface area contributed by atoms with E-state index in [1.807, 2.05) is 53.2 Å². The first-order valence-electron chi connectivity index (χ1n) is 14.3. The quantitative estimate of drug-likeness (QED) is 0.318. The van der Waals surface area contributed by atoms with Crippen molar-refractivity contribution in [1.29, 1.82) is 0 Å². The summed E-state index contributed by atoms with van der Waals surface area (Å²) in [5, 5.41) is 7.93. The molecule has 2 aliphatic heterocycles. The average Bonchev–Trinajstić information content (AvgIpc) is 3.59. The Morgan fingerprint density at radius 1 is 1.07 bits per heavy atom. The number of anilines is 1. The monoisotopic (exact) mass is 597 g/mol. The van der Waals surface area contributed by atoms with Gasteiger partial charge in [-0.2, -0.15) is 5.10 Å². The molecule has 0 fully saturated rings. The second-order valence-corrected chi connectivity index (χ2v) is 12.9. The molecule has 2 amide bonds. The van der Waals surface area contributed by atoms with Gasteiger partial charge in [0.05, 0.1) is 34.6 Å². The highest BCUT2D eigenvalue weighted by atomic mass is 32.2. The van der Waals surface area contributed by atoms with Gasteiger partial charge in [-0.15, -0.1) is 11.8 Å². The molecule has 2 aliphatic rings. The third kappa shape index (κ3) is 5.59. The fourth-order valence-corrected chi connectivity index (χ4v) is 6.62. The number of aromatic nitrogens is 3. The van der Waals surface area contributed by atoms with E-state index in [-0.39, 0.29) is 48.1 Å². The number of aryl methyl sites for hydroxylation is 1. The van der Waals surface area contributed by atoms with E-state index >= 15 is 0 Å². The topological polar surface area (TPSA) is 98.6 Å². The number of rotatable bonds is 6. The largest absolute Gasteiger partial charge is 0.454 e. The second-order valence-electron chi connectivity index (χ2n) is 11.8. The first-order chi connectivity index (χ1) is 20.6. The summed E-state index contributed by atoms with van der Waals surface area (Å²) in [5.74, 6) is 1.76. The second kappa shape index (κ2) is 11.4. The molecule has 43 heavy (non-hydrogen) atoms. The molecule has 0 unspecified atom stereocenters. The SMILES string of the molecule is Cc1cccc(-n2nc(C(C)(C)C)c3c2N(CC(=O)NCc2ccccn2)C(=O)CS[C@@H]3c2ccc3c(c2)OCO3)c1C. The standard InChI is InChI=1S/C33H35N5O4S/c1-20-9-8-11-24(21(20)2)38-32-29(31(36-38)33(3,4)5)30(22-12-13-25-26(15-22)42-19-41-25)43-18-28(40)37(32)17-27(39)35-16-23-10-6-7-14-34-23/h6-15,30H,16-19H2,1-5H3,(H,35,39)/t30-/m1/s1. The molecule has 222 valence electrons. The number of thioether (sulfide) groups is 1. The Kier molecular flexibility index (Phi) is 7.64. The summed E-state index contributed by atoms with van der Waals surface area (Å²) in [6.45, 7) is 10.8. The molecular formula is C33H35N5O4S. The van der Waals surface area contributed by atoms with Crippen LogP contribution in [0.2, 0.25) is 0 Å². The van der Waals surface area contributed by atoms with Crippen molar-refractivity contribution >= 4 is 29.4 Å². The van der Waals surface area contributed by atoms with E-state index in [1.165, 1.54) is 11.8 Å². The lowest BCUT2D eigenvalue weighted by molar-refractivity contribution is -0.123. The fourth-order valence-electron chi connectivity index (χ4n) is 5.44. The van der Waals surface area contributed by atoms with Crippen molar-refractivity contribution in [3.05, 3.63) is 94.4 Å². The predicted octanol–water partition coefficient (Wildman–Crippen LogP) is 5.40. The summed E-state index contributed by atoms with van der Waals surface area (Å²) in [5.41, 5.74) is 6.19. The van der Waals surface area contributed by atoms with Crippen LogP contribution in [0, 0.1) is 13.8 Å². The van der Waals surface area contributed by atoms with Crippen LogP contribution < -0.4 is 19.7 Å². The number of hydrogen-bond acceptors (Lipinski definition) is 7. The molecule has 4 heterocycles. The molecule has 2 aromatic carbocycles. The van der Waals surface area contributed by atoms with Gasteiger partial charge in [-0.1, -0.05) is 45.0 Å². The first-order valence-corrected chi connectivity index (χ1v) is 15.3. The molecule has 0 saturated carbocycles. The molecule has 0 saturated heterocycles. The van der Waals surface area contributed by atoms with E-state index in [9.17, 15) is 9.59 Å². The minimum atomic E-state index is -0.359. The zero-order valence-corrected chi connectivity index (χ0v) is 25.8. The molecule has 4 aromatic rings. The molecule has 10 heteroatoms. The summed E-state index contributed by atoms with van der Waals surface area (Å²) >= 11 is 1.54. The Labute approximate surface area is 255 Å². The number of amides is 2. The summed E-state index contributed by atoms with van der Waals surface area (Å²) < 4.78 is 13.2. The highest BCUT2D eigenvalue weighted by molar-refractivity contribution is 8.00. The van der Waals surface area contributed by atoms with Gasteiger partial charge >= 0.3 is 0 Å². The number of ether oxygens (including phenoxy) is 2. The number of hydrogen-bond donors (Lipinski definition) is 1. The number of benzene rings is 2. The van der Waals surface area contributed by atoms with Gasteiger partial charge in [-0.3, -0.25) is 19.5 Å². The van der Waals surface area contributed by atoms with E-state index in [4.69, 9.17) is 14.6 Å². The van der Waals surface area contributed by atoms with Gasteiger partial charge in [0.25, 0.3) is 0 Å². The average molecular weight is 598 g/mol. The lowest BCUT2D eigenvalue weighted by Crippen LogP contribution is -2.42. The van der Waals surface area contributed by atoms with E-state index in [0.29, 0.717) is 17.3 Å². The van der Waals surface area contributed by atoms with Crippen molar-refractivity contribution in [2.24, 2.45) is 0 Å². The normalized spacial score (nSPS) is 16.2. The van der Waals surface area contributed by atoms with Crippen molar-refractivity contribution in [2.45, 2.75) is 51.8 Å². The fraction of sp³-hybridized carbons (Fsp3) is 0.333. The van der Waals surface area contributed by atoms with Crippen LogP contribution in [0.15, 0.2) is 60.8 Å². The van der Waals surface area contributed by atoms with E-state index in [1.54, 1.807) is 11.1 Å². The number of pyridine rings is 1. The smallest absolute Gasteiger partial charge is 0.240 e. The zero-order chi connectivity index (χ0) is 30.3. The number of carbonyl (C=O) groups excluding carboxylic acids is 2. The first kappa shape index (κ1) is 28.8. The Morgan fingerprint density at radius 2 is 1.88 bits per heavy atom. The van der Waals surface area contributed by atoms with E-state index in [0.717, 1.165) is 39.3 Å². The van der Waals surface area contributed by atoms with Gasteiger partial charge in [0.2, 0.25) is 18.6 Å². The molecule has 9 nitrogen and oxygen atoms in total. The molecule has 0 bridgehead atoms. The van der Waals surface area contributed by atoms with Gasteiger partial charge in [0.15, 0.2) is 11.5 Å². The molecule has 0 aliphatic carbocycles. The lowest BCUT2D eigenvalue weighted by atomic mass is 9.87. The van der Waals surface area contributed by atoms with Crippen LogP contribution in [0.3, 0.4) is 0 Å². The number of nitrogens with zero attached hydrogens (tertiary/aromatic N) is 4. The van der Waals surface area contributed by atoms with Crippen LogP contribution in [0.4, 0.5) is 5.82 Å². The van der Waals surface area contributed by atoms with Crippen molar-refractivity contribution in [2.75, 3.05) is 24.0 Å². The Balaban J connectivity index is 1.51. The highest BCUT2D eigenvalue weighted by Crippen LogP contribution is 2.50. The Bertz CT molecular complexity index is 1700. The van der Waals surface area contributed by atoms with E-state index < -0.39 is 0 Å². The van der Waals surface area contributed by atoms with Crippen LogP contribution in [0.1, 0.15) is 59.7 Å². The predicted molar refractivity (Wildman–Crippen MR) is 167 cm³/mol. The maximum atomic E-state index is 14.0. The molecule has 0 spiro atoms. The third-order valence-electron chi connectivity index (χ3n) is 7.80. The van der Waals surface area contributed by atoms with Gasteiger partial charge < -0.3 is 14.8 Å². The molecule has 6 rings (SSSR count). The van der Waals surface area contributed by atoms with Crippen LogP contribution in [0.5, 0.6) is 11.5 Å². The number of nitrogens with one attached hydrogen (secondary N) is 1. The van der Waals surface area contributed by atoms with Gasteiger partial charge in [0, 0.05) is 17.2 Å². The minimum absolute atomic E-state index is 0.146. The molecule has 0 radical (unpaired) electrons. The van der Waals surface area contributed by atoms with Gasteiger partial charge in [0.1, 0.15) is 12.4 Å². The van der Waals surface area contributed by atoms with Crippen molar-refractivity contribution in [3.63, 3.8) is 0 Å². The zero-order valence-electron chi connectivity index (χ0n) is 25.0. The molecule has 2 aromatic heterocycles. The Morgan fingerprint density at radius 3 is 2.65 bits per heavy atom. The lowest BCUT2D eigenvalue weighted by Gasteiger charge is -2.25. The van der Waals surface area contributed by atoms with Crippen molar-refractivity contribution in [1.82, 2.24) is 20.1 Å². The summed E-state index contributed by atoms with van der Waals surface area (Å²) in [4.78, 5) is 33.3. The minimum Gasteiger partial charge on any atom is -0.454 e. The van der Waals surface area contributed by atoms with Crippen molar-refractivity contribution < 1.29 is 19.1 Å². The molecular weight excluding hydrogens is 562 g/mol. The van der Waals surface area contributed by atoms with Crippen molar-refractivity contribution in [3.8, 4) is 17.2 Å². The molecule has 1 atom stereocenters. The highest BCUT2D eigenvalue weighted by Gasteiger charge is 2.40. The number of fused-ring (bicyclic) bond motifs is 2. The summed E-state index contributed by atoms with van der Waals surface area (Å²) in [6.07, 6.45) is 1.69. The number of carbonyl (C=O) groups is 2. The maximum absolute atomic E-state index is 14.0. The van der Waals surface area contributed by atoms with Gasteiger partial charge in [-0.25, -0.2) is 4.68 Å².